The Morgan fingerprint density at radius 2 is 2.00 bits per heavy atom. The molecule has 2 N–H and O–H groups in total. The maximum atomic E-state index is 11.7. The smallest absolute Gasteiger partial charge is 0.152 e. The Kier molecular flexibility index (Phi) is 5.02. The van der Waals surface area contributed by atoms with Crippen LogP contribution < -0.4 is 5.73 Å². The number of rotatable bonds is 6. The highest BCUT2D eigenvalue weighted by molar-refractivity contribution is 7.91. The first-order valence-corrected chi connectivity index (χ1v) is 7.30. The summed E-state index contributed by atoms with van der Waals surface area (Å²) in [5.41, 5.74) is 5.64. The molecule has 0 aromatic heterocycles. The molecule has 1 fully saturated rings. The van der Waals surface area contributed by atoms with Crippen molar-refractivity contribution in [2.45, 2.75) is 31.7 Å². The molecule has 90 valence electrons. The van der Waals surface area contributed by atoms with Gasteiger partial charge >= 0.3 is 0 Å². The molecule has 0 spiro atoms. The normalized spacial score (nSPS) is 20.7. The third-order valence-electron chi connectivity index (χ3n) is 2.81. The first kappa shape index (κ1) is 12.9. The first-order chi connectivity index (χ1) is 7.03. The van der Waals surface area contributed by atoms with Crippen molar-refractivity contribution in [3.8, 4) is 0 Å². The maximum absolute atomic E-state index is 11.7. The van der Waals surface area contributed by atoms with Crippen LogP contribution in [0.5, 0.6) is 0 Å². The summed E-state index contributed by atoms with van der Waals surface area (Å²) < 4.78 is 28.3. The van der Waals surface area contributed by atoms with Crippen LogP contribution in [-0.4, -0.2) is 39.7 Å². The third kappa shape index (κ3) is 4.95. The van der Waals surface area contributed by atoms with Gasteiger partial charge in [-0.25, -0.2) is 8.42 Å². The average Bonchev–Trinajstić information content (AvgIpc) is 2.54. The lowest BCUT2D eigenvalue weighted by Crippen LogP contribution is -2.35. The predicted octanol–water partition coefficient (Wildman–Crippen LogP) is 0.565. The lowest BCUT2D eigenvalue weighted by atomic mass is 10.1. The summed E-state index contributed by atoms with van der Waals surface area (Å²) in [6, 6.07) is -0.388. The molecule has 1 rings (SSSR count). The van der Waals surface area contributed by atoms with Crippen LogP contribution in [-0.2, 0) is 14.6 Å². The van der Waals surface area contributed by atoms with Crippen LogP contribution in [0.3, 0.4) is 0 Å². The van der Waals surface area contributed by atoms with E-state index < -0.39 is 9.84 Å². The Morgan fingerprint density at radius 3 is 2.53 bits per heavy atom. The van der Waals surface area contributed by atoms with Crippen LogP contribution >= 0.6 is 0 Å². The van der Waals surface area contributed by atoms with Crippen molar-refractivity contribution in [3.05, 3.63) is 0 Å². The van der Waals surface area contributed by atoms with Crippen molar-refractivity contribution in [2.75, 3.05) is 25.2 Å². The van der Waals surface area contributed by atoms with E-state index in [1.54, 1.807) is 0 Å². The number of ether oxygens (including phenoxy) is 1. The van der Waals surface area contributed by atoms with Gasteiger partial charge in [0, 0.05) is 13.2 Å². The summed E-state index contributed by atoms with van der Waals surface area (Å²) in [6.07, 6.45) is 4.45. The summed E-state index contributed by atoms with van der Waals surface area (Å²) in [6.45, 7) is 0.309. The van der Waals surface area contributed by atoms with Crippen LogP contribution in [0.1, 0.15) is 25.7 Å². The van der Waals surface area contributed by atoms with Gasteiger partial charge in [-0.2, -0.15) is 0 Å². The Labute approximate surface area is 92.1 Å². The topological polar surface area (TPSA) is 69.4 Å². The van der Waals surface area contributed by atoms with Crippen LogP contribution in [0.15, 0.2) is 0 Å². The van der Waals surface area contributed by atoms with Gasteiger partial charge in [0.15, 0.2) is 9.84 Å². The van der Waals surface area contributed by atoms with E-state index in [0.717, 1.165) is 12.8 Å². The maximum Gasteiger partial charge on any atom is 0.152 e. The molecule has 1 atom stereocenters. The second kappa shape index (κ2) is 5.82. The fraction of sp³-hybridized carbons (Fsp3) is 1.00. The molecule has 0 saturated heterocycles. The van der Waals surface area contributed by atoms with Crippen molar-refractivity contribution in [2.24, 2.45) is 11.7 Å². The standard InChI is InChI=1S/C10H21NO3S/c1-14-6-10(11)8-15(12,13)7-9-4-2-3-5-9/h9-10H,2-8,11H2,1H3. The molecular weight excluding hydrogens is 214 g/mol. The molecule has 0 amide bonds. The lowest BCUT2D eigenvalue weighted by Gasteiger charge is -2.13. The summed E-state index contributed by atoms with van der Waals surface area (Å²) in [5, 5.41) is 0. The molecule has 5 heteroatoms. The van der Waals surface area contributed by atoms with E-state index in [1.165, 1.54) is 20.0 Å². The highest BCUT2D eigenvalue weighted by atomic mass is 32.2. The van der Waals surface area contributed by atoms with Gasteiger partial charge in [-0.05, 0) is 18.8 Å². The molecule has 0 bridgehead atoms. The van der Waals surface area contributed by atoms with Gasteiger partial charge in [0.1, 0.15) is 0 Å². The Bertz CT molecular complexity index is 270. The van der Waals surface area contributed by atoms with E-state index >= 15 is 0 Å². The SMILES string of the molecule is COCC(N)CS(=O)(=O)CC1CCCC1. The van der Waals surface area contributed by atoms with E-state index in [1.807, 2.05) is 0 Å². The highest BCUT2D eigenvalue weighted by Crippen LogP contribution is 2.26. The minimum Gasteiger partial charge on any atom is -0.383 e. The van der Waals surface area contributed by atoms with Gasteiger partial charge in [-0.1, -0.05) is 12.8 Å². The van der Waals surface area contributed by atoms with E-state index in [9.17, 15) is 8.42 Å². The Morgan fingerprint density at radius 1 is 1.40 bits per heavy atom. The van der Waals surface area contributed by atoms with Crippen molar-refractivity contribution in [1.29, 1.82) is 0 Å². The molecule has 0 aromatic carbocycles. The largest absolute Gasteiger partial charge is 0.383 e. The van der Waals surface area contributed by atoms with E-state index in [4.69, 9.17) is 10.5 Å². The first-order valence-electron chi connectivity index (χ1n) is 5.48. The zero-order valence-corrected chi connectivity index (χ0v) is 10.1. The quantitative estimate of drug-likeness (QED) is 0.730. The number of hydrogen-bond acceptors (Lipinski definition) is 4. The monoisotopic (exact) mass is 235 g/mol. The second-order valence-corrected chi connectivity index (χ2v) is 6.60. The number of methoxy groups -OCH3 is 1. The molecule has 15 heavy (non-hydrogen) atoms. The highest BCUT2D eigenvalue weighted by Gasteiger charge is 2.24. The van der Waals surface area contributed by atoms with E-state index in [0.29, 0.717) is 18.3 Å². The molecule has 0 aliphatic heterocycles. The van der Waals surface area contributed by atoms with Gasteiger partial charge in [0.05, 0.1) is 18.1 Å². The van der Waals surface area contributed by atoms with Gasteiger partial charge in [0.2, 0.25) is 0 Å². The molecular formula is C10H21NO3S. The lowest BCUT2D eigenvalue weighted by molar-refractivity contribution is 0.186. The summed E-state index contributed by atoms with van der Waals surface area (Å²) in [4.78, 5) is 0. The summed E-state index contributed by atoms with van der Waals surface area (Å²) in [5.74, 6) is 0.728. The van der Waals surface area contributed by atoms with Crippen LogP contribution in [0.2, 0.25) is 0 Å². The fourth-order valence-electron chi connectivity index (χ4n) is 2.19. The fourth-order valence-corrected chi connectivity index (χ4v) is 4.13. The number of sulfone groups is 1. The molecule has 1 unspecified atom stereocenters. The Balaban J connectivity index is 2.37. The van der Waals surface area contributed by atoms with Gasteiger partial charge in [-0.3, -0.25) is 0 Å². The van der Waals surface area contributed by atoms with Crippen molar-refractivity contribution in [1.82, 2.24) is 0 Å². The van der Waals surface area contributed by atoms with Gasteiger partial charge in [0.25, 0.3) is 0 Å². The minimum absolute atomic E-state index is 0.0529. The molecule has 1 saturated carbocycles. The van der Waals surface area contributed by atoms with Gasteiger partial charge < -0.3 is 10.5 Å². The van der Waals surface area contributed by atoms with Crippen LogP contribution in [0.4, 0.5) is 0 Å². The summed E-state index contributed by atoms with van der Waals surface area (Å²) in [7, 11) is -1.46. The molecule has 4 nitrogen and oxygen atoms in total. The third-order valence-corrected chi connectivity index (χ3v) is 4.73. The molecule has 0 aromatic rings. The van der Waals surface area contributed by atoms with Crippen molar-refractivity contribution < 1.29 is 13.2 Å². The predicted molar refractivity (Wildman–Crippen MR) is 60.5 cm³/mol. The second-order valence-electron chi connectivity index (χ2n) is 4.44. The number of hydrogen-bond donors (Lipinski definition) is 1. The van der Waals surface area contributed by atoms with Crippen molar-refractivity contribution >= 4 is 9.84 Å². The molecule has 1 aliphatic rings. The zero-order valence-electron chi connectivity index (χ0n) is 9.31. The van der Waals surface area contributed by atoms with Crippen LogP contribution in [0.25, 0.3) is 0 Å². The van der Waals surface area contributed by atoms with E-state index in [-0.39, 0.29) is 11.8 Å². The summed E-state index contributed by atoms with van der Waals surface area (Å²) >= 11 is 0. The molecule has 1 aliphatic carbocycles. The van der Waals surface area contributed by atoms with Crippen LogP contribution in [0, 0.1) is 5.92 Å². The average molecular weight is 235 g/mol. The van der Waals surface area contributed by atoms with Crippen molar-refractivity contribution in [3.63, 3.8) is 0 Å². The molecule has 0 heterocycles. The molecule has 0 radical (unpaired) electrons. The minimum atomic E-state index is -2.99. The van der Waals surface area contributed by atoms with E-state index in [2.05, 4.69) is 0 Å². The van der Waals surface area contributed by atoms with Gasteiger partial charge in [-0.15, -0.1) is 0 Å². The zero-order chi connectivity index (χ0) is 11.3. The Hall–Kier alpha value is -0.130. The number of nitrogens with two attached hydrogens (primary N) is 1.